The van der Waals surface area contributed by atoms with Crippen LogP contribution in [-0.2, 0) is 18.7 Å². The number of ether oxygens (including phenoxy) is 1. The minimum atomic E-state index is -1.67. The van der Waals surface area contributed by atoms with E-state index in [9.17, 15) is 4.39 Å². The number of rotatable bonds is 9. The Morgan fingerprint density at radius 2 is 2.05 bits per heavy atom. The molecule has 0 amide bonds. The fourth-order valence-electron chi connectivity index (χ4n) is 2.19. The van der Waals surface area contributed by atoms with Crippen LogP contribution in [0.25, 0.3) is 0 Å². The number of alkyl halides is 1. The summed E-state index contributed by atoms with van der Waals surface area (Å²) in [6, 6.07) is -0.875. The third kappa shape index (κ3) is 5.37. The Labute approximate surface area is 136 Å². The molecule has 0 aromatic carbocycles. The summed E-state index contributed by atoms with van der Waals surface area (Å²) in [7, 11) is 3.91. The minimum Gasteiger partial charge on any atom is -0.379 e. The Morgan fingerprint density at radius 1 is 1.41 bits per heavy atom. The summed E-state index contributed by atoms with van der Waals surface area (Å²) in [6.45, 7) is 10.1. The van der Waals surface area contributed by atoms with Gasteiger partial charge >= 0.3 is 0 Å². The van der Waals surface area contributed by atoms with Crippen LogP contribution in [0.5, 0.6) is 0 Å². The van der Waals surface area contributed by atoms with Crippen LogP contribution in [0.2, 0.25) is 0 Å². The van der Waals surface area contributed by atoms with E-state index < -0.39 is 32.9 Å². The highest BCUT2D eigenvalue weighted by atomic mass is 31.2. The smallest absolute Gasteiger partial charge is 0.280 e. The van der Waals surface area contributed by atoms with Gasteiger partial charge in [-0.15, -0.1) is 0 Å². The molecule has 128 valence electrons. The Kier molecular flexibility index (Phi) is 7.98. The van der Waals surface area contributed by atoms with Crippen LogP contribution in [-0.4, -0.2) is 55.6 Å². The molecule has 1 fully saturated rings. The molecule has 1 unspecified atom stereocenters. The van der Waals surface area contributed by atoms with Crippen molar-refractivity contribution in [1.82, 2.24) is 10.3 Å². The van der Waals surface area contributed by atoms with Crippen LogP contribution in [0, 0.1) is 0 Å². The molecule has 6 nitrogen and oxygen atoms in total. The molecular formula is C13H27BFN2O4P. The van der Waals surface area contributed by atoms with E-state index in [4.69, 9.17) is 27.9 Å². The first-order valence-electron chi connectivity index (χ1n) is 8.17. The maximum Gasteiger partial charge on any atom is 0.280 e. The zero-order valence-electron chi connectivity index (χ0n) is 14.9. The van der Waals surface area contributed by atoms with Crippen LogP contribution in [0.4, 0.5) is 4.39 Å². The number of nitrogens with zero attached hydrogens (tertiary/aromatic N) is 1. The summed E-state index contributed by atoms with van der Waals surface area (Å²) in [5.74, 6) is 0. The lowest BCUT2D eigenvalue weighted by atomic mass is 9.94. The number of hydrogen-bond acceptors (Lipinski definition) is 6. The first kappa shape index (κ1) is 18.5. The third-order valence-corrected chi connectivity index (χ3v) is 5.06. The molecule has 1 heterocycles. The summed E-state index contributed by atoms with van der Waals surface area (Å²) in [4.78, 5) is 4.99. The van der Waals surface area contributed by atoms with Crippen molar-refractivity contribution >= 4 is 16.4 Å². The zero-order valence-corrected chi connectivity index (χ0v) is 14.8. The SMILES string of the molecule is [2H]C[C@H]1O[C@@H]([B])[C@@H](F)[C@@H]1OP(ONOCC)N(C(C)C)C(C)C. The number of halogens is 1. The molecule has 1 rings (SSSR count). The predicted octanol–water partition coefficient (Wildman–Crippen LogP) is 2.44. The lowest BCUT2D eigenvalue weighted by Crippen LogP contribution is -2.38. The van der Waals surface area contributed by atoms with Crippen LogP contribution in [0.1, 0.15) is 42.9 Å². The van der Waals surface area contributed by atoms with Gasteiger partial charge in [0.1, 0.15) is 20.1 Å². The van der Waals surface area contributed by atoms with E-state index in [1.807, 2.05) is 32.4 Å². The van der Waals surface area contributed by atoms with Gasteiger partial charge in [-0.05, 0) is 41.5 Å². The molecule has 2 radical (unpaired) electrons. The number of hydrogen-bond donors (Lipinski definition) is 1. The Balaban J connectivity index is 2.85. The molecule has 0 aromatic rings. The summed E-state index contributed by atoms with van der Waals surface area (Å²) in [5.41, 5.74) is 2.38. The third-order valence-electron chi connectivity index (χ3n) is 3.10. The summed E-state index contributed by atoms with van der Waals surface area (Å²) >= 11 is 0. The van der Waals surface area contributed by atoms with Gasteiger partial charge in [-0.25, -0.2) is 13.7 Å². The highest BCUT2D eigenvalue weighted by Crippen LogP contribution is 2.48. The van der Waals surface area contributed by atoms with Crippen molar-refractivity contribution in [3.63, 3.8) is 0 Å². The van der Waals surface area contributed by atoms with E-state index in [1.165, 1.54) is 0 Å². The normalized spacial score (nSPS) is 31.2. The van der Waals surface area contributed by atoms with Crippen LogP contribution in [0.15, 0.2) is 0 Å². The molecule has 1 aliphatic heterocycles. The van der Waals surface area contributed by atoms with Crippen molar-refractivity contribution in [1.29, 1.82) is 0 Å². The highest BCUT2D eigenvalue weighted by molar-refractivity contribution is 7.44. The van der Waals surface area contributed by atoms with Crippen LogP contribution < -0.4 is 5.64 Å². The topological polar surface area (TPSA) is 52.2 Å². The van der Waals surface area contributed by atoms with Crippen molar-refractivity contribution in [2.75, 3.05) is 6.61 Å². The van der Waals surface area contributed by atoms with Gasteiger partial charge < -0.3 is 9.26 Å². The van der Waals surface area contributed by atoms with Gasteiger partial charge in [-0.3, -0.25) is 4.84 Å². The molecule has 0 saturated carbocycles. The van der Waals surface area contributed by atoms with Crippen molar-refractivity contribution in [3.8, 4) is 0 Å². The maximum absolute atomic E-state index is 14.3. The molecule has 0 spiro atoms. The van der Waals surface area contributed by atoms with Crippen molar-refractivity contribution in [3.05, 3.63) is 0 Å². The molecule has 0 aliphatic carbocycles. The molecule has 0 bridgehead atoms. The highest BCUT2D eigenvalue weighted by Gasteiger charge is 2.44. The lowest BCUT2D eigenvalue weighted by molar-refractivity contribution is -0.112. The first-order chi connectivity index (χ1) is 10.8. The first-order valence-corrected chi connectivity index (χ1v) is 8.59. The van der Waals surface area contributed by atoms with E-state index in [0.717, 1.165) is 0 Å². The molecule has 0 aromatic heterocycles. The van der Waals surface area contributed by atoms with Crippen molar-refractivity contribution in [2.45, 2.75) is 78.0 Å². The second-order valence-corrected chi connectivity index (χ2v) is 6.90. The second kappa shape index (κ2) is 9.47. The van der Waals surface area contributed by atoms with Gasteiger partial charge in [-0.1, -0.05) is 5.64 Å². The molecule has 1 N–H and O–H groups in total. The maximum atomic E-state index is 14.3. The van der Waals surface area contributed by atoms with Gasteiger partial charge in [0.15, 0.2) is 0 Å². The molecule has 1 aliphatic rings. The van der Waals surface area contributed by atoms with E-state index in [2.05, 4.69) is 5.64 Å². The van der Waals surface area contributed by atoms with Crippen molar-refractivity contribution in [2.24, 2.45) is 0 Å². The Bertz CT molecular complexity index is 341. The molecule has 22 heavy (non-hydrogen) atoms. The van der Waals surface area contributed by atoms with Gasteiger partial charge in [0, 0.05) is 13.5 Å². The van der Waals surface area contributed by atoms with Gasteiger partial charge in [0.25, 0.3) is 8.53 Å². The van der Waals surface area contributed by atoms with E-state index in [1.54, 1.807) is 6.92 Å². The van der Waals surface area contributed by atoms with E-state index >= 15 is 0 Å². The van der Waals surface area contributed by atoms with Crippen molar-refractivity contribution < 1.29 is 24.5 Å². The Hall–Kier alpha value is 0.185. The molecular weight excluding hydrogens is 309 g/mol. The zero-order chi connectivity index (χ0) is 17.6. The fourth-order valence-corrected chi connectivity index (χ4v) is 3.77. The second-order valence-electron chi connectivity index (χ2n) is 5.57. The van der Waals surface area contributed by atoms with E-state index in [-0.39, 0.29) is 19.0 Å². The number of nitrogens with one attached hydrogen (secondary N) is 1. The summed E-state index contributed by atoms with van der Waals surface area (Å²) < 4.78 is 40.3. The Morgan fingerprint density at radius 3 is 2.55 bits per heavy atom. The average molecular weight is 337 g/mol. The predicted molar refractivity (Wildman–Crippen MR) is 84.7 cm³/mol. The summed E-state index contributed by atoms with van der Waals surface area (Å²) in [5, 5.41) is 0. The van der Waals surface area contributed by atoms with Crippen LogP contribution in [0.3, 0.4) is 0 Å². The van der Waals surface area contributed by atoms with Gasteiger partial charge in [0.05, 0.1) is 18.7 Å². The summed E-state index contributed by atoms with van der Waals surface area (Å²) in [6.07, 6.45) is -3.17. The standard InChI is InChI=1S/C13H27BFN2O4P/c1-7-18-16-21-22(17(8(2)3)9(4)5)20-12-10(6)19-13(14)11(12)15/h8-13,16H,7H2,1-6H3/t10-,11+,12-,13-,22?/m1/s1/i6D. The quantitative estimate of drug-likeness (QED) is 0.302. The molecule has 5 atom stereocenters. The fraction of sp³-hybridized carbons (Fsp3) is 1.00. The van der Waals surface area contributed by atoms with E-state index in [0.29, 0.717) is 6.61 Å². The van der Waals surface area contributed by atoms with Gasteiger partial charge in [-0.2, -0.15) is 0 Å². The van der Waals surface area contributed by atoms with Crippen LogP contribution >= 0.6 is 8.53 Å². The monoisotopic (exact) mass is 337 g/mol. The minimum absolute atomic E-state index is 0.105. The average Bonchev–Trinajstić information content (AvgIpc) is 2.74. The van der Waals surface area contributed by atoms with Gasteiger partial charge in [0.2, 0.25) is 0 Å². The molecule has 1 saturated heterocycles. The lowest BCUT2D eigenvalue weighted by Gasteiger charge is -2.36. The largest absolute Gasteiger partial charge is 0.379 e. The molecule has 9 heteroatoms.